The smallest absolute Gasteiger partial charge is 0.413 e. The lowest BCUT2D eigenvalue weighted by Gasteiger charge is -1.99. The summed E-state index contributed by atoms with van der Waals surface area (Å²) in [5, 5.41) is 11.7. The Kier molecular flexibility index (Phi) is 3.42. The average molecular weight is 266 g/mol. The van der Waals surface area contributed by atoms with Gasteiger partial charge in [-0.2, -0.15) is 0 Å². The number of amides is 1. The van der Waals surface area contributed by atoms with Crippen molar-refractivity contribution in [2.75, 3.05) is 11.9 Å². The van der Waals surface area contributed by atoms with Crippen LogP contribution in [0.15, 0.2) is 18.2 Å². The summed E-state index contributed by atoms with van der Waals surface area (Å²) in [6.07, 6.45) is -0.574. The average Bonchev–Trinajstić information content (AvgIpc) is 2.69. The van der Waals surface area contributed by atoms with Gasteiger partial charge in [0.25, 0.3) is 0 Å². The molecule has 0 atom stereocenters. The van der Waals surface area contributed by atoms with E-state index in [1.165, 1.54) is 23.5 Å². The molecule has 0 aliphatic rings. The molecule has 0 bridgehead atoms. The van der Waals surface area contributed by atoms with E-state index >= 15 is 0 Å². The van der Waals surface area contributed by atoms with Gasteiger partial charge >= 0.3 is 12.1 Å². The molecule has 2 aromatic rings. The van der Waals surface area contributed by atoms with Gasteiger partial charge in [-0.15, -0.1) is 0 Å². The molecule has 0 aliphatic carbocycles. The number of hydrogen-bond acceptors (Lipinski definition) is 5. The maximum atomic E-state index is 11.2. The minimum atomic E-state index is -0.995. The molecule has 1 aromatic carbocycles. The minimum absolute atomic E-state index is 0.189. The number of carbonyl (C=O) groups excluding carboxylic acids is 1. The zero-order valence-electron chi connectivity index (χ0n) is 9.47. The summed E-state index contributed by atoms with van der Waals surface area (Å²) in [5.74, 6) is -0.995. The van der Waals surface area contributed by atoms with Crippen LogP contribution in [0.3, 0.4) is 0 Å². The van der Waals surface area contributed by atoms with Gasteiger partial charge in [-0.1, -0.05) is 11.3 Å². The van der Waals surface area contributed by atoms with Gasteiger partial charge in [0.15, 0.2) is 5.13 Å². The number of carbonyl (C=O) groups is 2. The first kappa shape index (κ1) is 12.3. The Morgan fingerprint density at radius 2 is 2.28 bits per heavy atom. The van der Waals surface area contributed by atoms with Crippen LogP contribution in [0.2, 0.25) is 0 Å². The Labute approximate surface area is 106 Å². The van der Waals surface area contributed by atoms with E-state index in [1.54, 1.807) is 13.0 Å². The van der Waals surface area contributed by atoms with Crippen LogP contribution in [0, 0.1) is 0 Å². The highest BCUT2D eigenvalue weighted by Crippen LogP contribution is 2.26. The number of thiazole rings is 1. The van der Waals surface area contributed by atoms with Gasteiger partial charge in [0, 0.05) is 0 Å². The topological polar surface area (TPSA) is 88.5 Å². The number of benzene rings is 1. The van der Waals surface area contributed by atoms with Crippen LogP contribution in [-0.2, 0) is 4.74 Å². The van der Waals surface area contributed by atoms with Crippen LogP contribution in [0.4, 0.5) is 9.93 Å². The molecule has 0 radical (unpaired) electrons. The molecule has 1 heterocycles. The zero-order chi connectivity index (χ0) is 13.1. The summed E-state index contributed by atoms with van der Waals surface area (Å²) < 4.78 is 5.42. The predicted molar refractivity (Wildman–Crippen MR) is 67.2 cm³/mol. The van der Waals surface area contributed by atoms with Gasteiger partial charge in [-0.25, -0.2) is 14.6 Å². The lowest BCUT2D eigenvalue weighted by atomic mass is 10.2. The minimum Gasteiger partial charge on any atom is -0.478 e. The molecule has 18 heavy (non-hydrogen) atoms. The molecule has 0 saturated heterocycles. The third-order valence-electron chi connectivity index (χ3n) is 2.12. The standard InChI is InChI=1S/C11H10N2O4S/c1-2-17-11(16)13-10-12-7-4-3-6(9(14)15)5-8(7)18-10/h3-5H,2H2,1H3,(H,14,15)(H,12,13,16). The lowest BCUT2D eigenvalue weighted by molar-refractivity contribution is 0.0697. The van der Waals surface area contributed by atoms with Crippen LogP contribution in [0.25, 0.3) is 10.2 Å². The number of fused-ring (bicyclic) bond motifs is 1. The zero-order valence-corrected chi connectivity index (χ0v) is 10.3. The SMILES string of the molecule is CCOC(=O)Nc1nc2ccc(C(=O)O)cc2s1. The second-order valence-electron chi connectivity index (χ2n) is 3.35. The van der Waals surface area contributed by atoms with E-state index in [0.717, 1.165) is 0 Å². The second-order valence-corrected chi connectivity index (χ2v) is 4.38. The molecule has 2 N–H and O–H groups in total. The number of hydrogen-bond donors (Lipinski definition) is 2. The third kappa shape index (κ3) is 2.57. The maximum Gasteiger partial charge on any atom is 0.413 e. The summed E-state index contributed by atoms with van der Waals surface area (Å²) in [6.45, 7) is 1.98. The van der Waals surface area contributed by atoms with Gasteiger partial charge in [0.1, 0.15) is 0 Å². The van der Waals surface area contributed by atoms with Gasteiger partial charge in [0.2, 0.25) is 0 Å². The largest absolute Gasteiger partial charge is 0.478 e. The first-order chi connectivity index (χ1) is 8.60. The molecule has 0 saturated carbocycles. The summed E-state index contributed by atoms with van der Waals surface area (Å²) >= 11 is 1.20. The summed E-state index contributed by atoms with van der Waals surface area (Å²) in [7, 11) is 0. The highest BCUT2D eigenvalue weighted by Gasteiger charge is 2.10. The summed E-state index contributed by atoms with van der Waals surface area (Å²) in [5.41, 5.74) is 0.825. The van der Waals surface area contributed by atoms with E-state index in [-0.39, 0.29) is 12.2 Å². The van der Waals surface area contributed by atoms with Crippen molar-refractivity contribution >= 4 is 38.7 Å². The number of nitrogens with zero attached hydrogens (tertiary/aromatic N) is 1. The van der Waals surface area contributed by atoms with E-state index < -0.39 is 12.1 Å². The Balaban J connectivity index is 2.27. The quantitative estimate of drug-likeness (QED) is 0.891. The van der Waals surface area contributed by atoms with E-state index in [4.69, 9.17) is 9.84 Å². The predicted octanol–water partition coefficient (Wildman–Crippen LogP) is 2.56. The molecule has 0 aliphatic heterocycles. The van der Waals surface area contributed by atoms with Crippen molar-refractivity contribution in [1.29, 1.82) is 0 Å². The Morgan fingerprint density at radius 1 is 1.50 bits per heavy atom. The lowest BCUT2D eigenvalue weighted by Crippen LogP contribution is -2.12. The van der Waals surface area contributed by atoms with Crippen molar-refractivity contribution in [2.45, 2.75) is 6.92 Å². The Morgan fingerprint density at radius 3 is 2.94 bits per heavy atom. The van der Waals surface area contributed by atoms with E-state index in [1.807, 2.05) is 0 Å². The summed E-state index contributed by atoms with van der Waals surface area (Å²) in [6, 6.07) is 4.59. The fourth-order valence-electron chi connectivity index (χ4n) is 1.37. The molecule has 0 fully saturated rings. The molecule has 1 amide bonds. The number of carboxylic acids is 1. The molecule has 2 rings (SSSR count). The molecule has 0 spiro atoms. The van der Waals surface area contributed by atoms with Crippen LogP contribution in [-0.4, -0.2) is 28.8 Å². The molecular formula is C11H10N2O4S. The number of aromatic nitrogens is 1. The first-order valence-electron chi connectivity index (χ1n) is 5.18. The fraction of sp³-hybridized carbons (Fsp3) is 0.182. The van der Waals surface area contributed by atoms with Crippen molar-refractivity contribution in [2.24, 2.45) is 0 Å². The van der Waals surface area contributed by atoms with E-state index in [9.17, 15) is 9.59 Å². The molecular weight excluding hydrogens is 256 g/mol. The van der Waals surface area contributed by atoms with E-state index in [0.29, 0.717) is 15.3 Å². The fourth-order valence-corrected chi connectivity index (χ4v) is 2.26. The number of carboxylic acid groups (broad SMARTS) is 1. The monoisotopic (exact) mass is 266 g/mol. The maximum absolute atomic E-state index is 11.2. The van der Waals surface area contributed by atoms with Crippen molar-refractivity contribution < 1.29 is 19.4 Å². The van der Waals surface area contributed by atoms with Crippen LogP contribution in [0.5, 0.6) is 0 Å². The van der Waals surface area contributed by atoms with E-state index in [2.05, 4.69) is 10.3 Å². The highest BCUT2D eigenvalue weighted by molar-refractivity contribution is 7.22. The highest BCUT2D eigenvalue weighted by atomic mass is 32.1. The third-order valence-corrected chi connectivity index (χ3v) is 3.05. The molecule has 94 valence electrons. The van der Waals surface area contributed by atoms with Crippen molar-refractivity contribution in [3.8, 4) is 0 Å². The number of aromatic carboxylic acids is 1. The molecule has 7 heteroatoms. The number of nitrogens with one attached hydrogen (secondary N) is 1. The van der Waals surface area contributed by atoms with Crippen LogP contribution >= 0.6 is 11.3 Å². The van der Waals surface area contributed by atoms with Gasteiger partial charge in [-0.3, -0.25) is 5.32 Å². The second kappa shape index (κ2) is 5.01. The molecule has 1 aromatic heterocycles. The van der Waals surface area contributed by atoms with Crippen LogP contribution < -0.4 is 5.32 Å². The summed E-state index contributed by atoms with van der Waals surface area (Å²) in [4.78, 5) is 26.2. The Hall–Kier alpha value is -2.15. The van der Waals surface area contributed by atoms with Gasteiger partial charge in [-0.05, 0) is 25.1 Å². The number of ether oxygens (including phenoxy) is 1. The van der Waals surface area contributed by atoms with Crippen molar-refractivity contribution in [3.05, 3.63) is 23.8 Å². The number of rotatable bonds is 3. The van der Waals surface area contributed by atoms with Gasteiger partial charge in [0.05, 0.1) is 22.4 Å². The normalized spacial score (nSPS) is 10.3. The molecule has 6 nitrogen and oxygen atoms in total. The van der Waals surface area contributed by atoms with Gasteiger partial charge < -0.3 is 9.84 Å². The van der Waals surface area contributed by atoms with Crippen molar-refractivity contribution in [3.63, 3.8) is 0 Å². The number of anilines is 1. The Bertz CT molecular complexity index is 608. The molecule has 0 unspecified atom stereocenters. The van der Waals surface area contributed by atoms with Crippen molar-refractivity contribution in [1.82, 2.24) is 4.98 Å². The first-order valence-corrected chi connectivity index (χ1v) is 5.99. The van der Waals surface area contributed by atoms with Crippen LogP contribution in [0.1, 0.15) is 17.3 Å².